The van der Waals surface area contributed by atoms with Crippen molar-refractivity contribution >= 4 is 17.3 Å². The molecule has 0 saturated carbocycles. The van der Waals surface area contributed by atoms with Gasteiger partial charge in [0.2, 0.25) is 0 Å². The molecule has 3 nitrogen and oxygen atoms in total. The van der Waals surface area contributed by atoms with Crippen LogP contribution in [0.1, 0.15) is 10.4 Å². The predicted octanol–water partition coefficient (Wildman–Crippen LogP) is 2.94. The molecule has 0 bridgehead atoms. The second kappa shape index (κ2) is 5.01. The fraction of sp³-hybridized carbons (Fsp3) is 0. The number of anilines is 2. The van der Waals surface area contributed by atoms with Crippen molar-refractivity contribution in [3.8, 4) is 0 Å². The quantitative estimate of drug-likeness (QED) is 0.821. The molecule has 0 fully saturated rings. The molecule has 2 aromatic rings. The minimum absolute atomic E-state index is 0.0192. The molecule has 0 aliphatic rings. The number of benzene rings is 2. The third kappa shape index (κ3) is 2.67. The molecule has 0 heterocycles. The number of nitrogen functional groups attached to an aromatic ring is 1. The van der Waals surface area contributed by atoms with E-state index in [4.69, 9.17) is 5.73 Å². The van der Waals surface area contributed by atoms with E-state index >= 15 is 0 Å². The van der Waals surface area contributed by atoms with Gasteiger partial charge in [-0.25, -0.2) is 13.2 Å². The van der Waals surface area contributed by atoms with Crippen LogP contribution in [0.15, 0.2) is 36.4 Å². The van der Waals surface area contributed by atoms with Gasteiger partial charge in [0.05, 0.1) is 11.3 Å². The Hall–Kier alpha value is -2.50. The molecule has 0 aromatic heterocycles. The Morgan fingerprint density at radius 1 is 1.05 bits per heavy atom. The van der Waals surface area contributed by atoms with E-state index in [1.807, 2.05) is 0 Å². The molecular formula is C13H9F3N2O. The summed E-state index contributed by atoms with van der Waals surface area (Å²) in [6.45, 7) is 0. The highest BCUT2D eigenvalue weighted by Crippen LogP contribution is 2.18. The van der Waals surface area contributed by atoms with E-state index in [2.05, 4.69) is 5.32 Å². The number of carbonyl (C=O) groups is 1. The zero-order valence-electron chi connectivity index (χ0n) is 9.58. The summed E-state index contributed by atoms with van der Waals surface area (Å²) in [6.07, 6.45) is 0. The van der Waals surface area contributed by atoms with Crippen molar-refractivity contribution in [1.82, 2.24) is 0 Å². The van der Waals surface area contributed by atoms with Gasteiger partial charge in [-0.1, -0.05) is 6.07 Å². The number of hydrogen-bond acceptors (Lipinski definition) is 2. The maximum Gasteiger partial charge on any atom is 0.258 e. The van der Waals surface area contributed by atoms with Crippen molar-refractivity contribution in [2.75, 3.05) is 11.1 Å². The second-order valence-electron chi connectivity index (χ2n) is 3.79. The summed E-state index contributed by atoms with van der Waals surface area (Å²) >= 11 is 0. The first-order valence-electron chi connectivity index (χ1n) is 5.29. The molecule has 0 radical (unpaired) electrons. The molecule has 0 aliphatic carbocycles. The molecular weight excluding hydrogens is 257 g/mol. The Balaban J connectivity index is 2.26. The van der Waals surface area contributed by atoms with Crippen LogP contribution in [0.3, 0.4) is 0 Å². The van der Waals surface area contributed by atoms with Gasteiger partial charge in [-0.05, 0) is 24.3 Å². The van der Waals surface area contributed by atoms with Crippen LogP contribution in [0.25, 0.3) is 0 Å². The first-order chi connectivity index (χ1) is 8.99. The predicted molar refractivity (Wildman–Crippen MR) is 65.1 cm³/mol. The van der Waals surface area contributed by atoms with Gasteiger partial charge < -0.3 is 11.1 Å². The van der Waals surface area contributed by atoms with Crippen LogP contribution in [-0.4, -0.2) is 5.91 Å². The van der Waals surface area contributed by atoms with E-state index in [-0.39, 0.29) is 16.9 Å². The Morgan fingerprint density at radius 3 is 2.47 bits per heavy atom. The lowest BCUT2D eigenvalue weighted by atomic mass is 10.1. The highest BCUT2D eigenvalue weighted by Gasteiger charge is 2.14. The molecule has 19 heavy (non-hydrogen) atoms. The minimum atomic E-state index is -1.11. The number of nitrogens with one attached hydrogen (secondary N) is 1. The van der Waals surface area contributed by atoms with Crippen LogP contribution in [0, 0.1) is 17.5 Å². The summed E-state index contributed by atoms with van der Waals surface area (Å²) in [5.41, 5.74) is 4.91. The molecule has 1 amide bonds. The highest BCUT2D eigenvalue weighted by molar-refractivity contribution is 6.05. The lowest BCUT2D eigenvalue weighted by Gasteiger charge is -2.07. The van der Waals surface area contributed by atoms with Crippen molar-refractivity contribution in [3.63, 3.8) is 0 Å². The Bertz CT molecular complexity index is 644. The van der Waals surface area contributed by atoms with Gasteiger partial charge in [-0.15, -0.1) is 0 Å². The number of rotatable bonds is 2. The number of amides is 1. The number of carbonyl (C=O) groups excluding carboxylic acids is 1. The fourth-order valence-corrected chi connectivity index (χ4v) is 1.50. The van der Waals surface area contributed by atoms with Gasteiger partial charge >= 0.3 is 0 Å². The summed E-state index contributed by atoms with van der Waals surface area (Å²) in [7, 11) is 0. The number of nitrogens with two attached hydrogens (primary N) is 1. The maximum absolute atomic E-state index is 13.6. The standard InChI is InChI=1S/C13H9F3N2O/c14-9-5-4-7(6-10(9)15)18-13(19)8-2-1-3-11(17)12(8)16/h1-6H,17H2,(H,18,19). The summed E-state index contributed by atoms with van der Waals surface area (Å²) in [5, 5.41) is 2.25. The van der Waals surface area contributed by atoms with Gasteiger partial charge in [-0.3, -0.25) is 4.79 Å². The smallest absolute Gasteiger partial charge is 0.258 e. The number of hydrogen-bond donors (Lipinski definition) is 2. The molecule has 0 spiro atoms. The number of halogens is 3. The molecule has 6 heteroatoms. The van der Waals surface area contributed by atoms with Crippen LogP contribution in [0.4, 0.5) is 24.5 Å². The van der Waals surface area contributed by atoms with Gasteiger partial charge in [0.1, 0.15) is 0 Å². The topological polar surface area (TPSA) is 55.1 Å². The Morgan fingerprint density at radius 2 is 1.79 bits per heavy atom. The average Bonchev–Trinajstić information content (AvgIpc) is 2.37. The normalized spacial score (nSPS) is 10.3. The molecule has 0 unspecified atom stereocenters. The third-order valence-corrected chi connectivity index (χ3v) is 2.45. The lowest BCUT2D eigenvalue weighted by Crippen LogP contribution is -2.14. The van der Waals surface area contributed by atoms with E-state index in [1.54, 1.807) is 0 Å². The zero-order chi connectivity index (χ0) is 14.0. The van der Waals surface area contributed by atoms with Crippen LogP contribution < -0.4 is 11.1 Å². The van der Waals surface area contributed by atoms with Gasteiger partial charge in [0.15, 0.2) is 17.5 Å². The van der Waals surface area contributed by atoms with Crippen molar-refractivity contribution in [2.24, 2.45) is 0 Å². The van der Waals surface area contributed by atoms with Gasteiger partial charge in [-0.2, -0.15) is 0 Å². The summed E-state index contributed by atoms with van der Waals surface area (Å²) < 4.78 is 39.2. The first-order valence-corrected chi connectivity index (χ1v) is 5.29. The molecule has 0 aliphatic heterocycles. The fourth-order valence-electron chi connectivity index (χ4n) is 1.50. The van der Waals surface area contributed by atoms with E-state index in [1.165, 1.54) is 24.3 Å². The van der Waals surface area contributed by atoms with Crippen molar-refractivity contribution in [3.05, 3.63) is 59.4 Å². The van der Waals surface area contributed by atoms with Crippen molar-refractivity contribution in [2.45, 2.75) is 0 Å². The third-order valence-electron chi connectivity index (χ3n) is 2.45. The largest absolute Gasteiger partial charge is 0.396 e. The second-order valence-corrected chi connectivity index (χ2v) is 3.79. The van der Waals surface area contributed by atoms with Crippen LogP contribution in [-0.2, 0) is 0 Å². The Kier molecular flexibility index (Phi) is 3.41. The minimum Gasteiger partial charge on any atom is -0.396 e. The van der Waals surface area contributed by atoms with Gasteiger partial charge in [0, 0.05) is 11.8 Å². The monoisotopic (exact) mass is 266 g/mol. The summed E-state index contributed by atoms with van der Waals surface area (Å²) in [6, 6.07) is 6.79. The first kappa shape index (κ1) is 12.9. The maximum atomic E-state index is 13.6. The van der Waals surface area contributed by atoms with Gasteiger partial charge in [0.25, 0.3) is 5.91 Å². The lowest BCUT2D eigenvalue weighted by molar-refractivity contribution is 0.102. The van der Waals surface area contributed by atoms with Crippen LogP contribution in [0.5, 0.6) is 0 Å². The highest BCUT2D eigenvalue weighted by atomic mass is 19.2. The molecule has 0 saturated heterocycles. The van der Waals surface area contributed by atoms with Crippen LogP contribution >= 0.6 is 0 Å². The van der Waals surface area contributed by atoms with E-state index < -0.39 is 23.4 Å². The summed E-state index contributed by atoms with van der Waals surface area (Å²) in [5.74, 6) is -3.79. The molecule has 3 N–H and O–H groups in total. The van der Waals surface area contributed by atoms with E-state index in [0.29, 0.717) is 0 Å². The molecule has 2 aromatic carbocycles. The van der Waals surface area contributed by atoms with Crippen LogP contribution in [0.2, 0.25) is 0 Å². The Labute approximate surface area is 106 Å². The van der Waals surface area contributed by atoms with E-state index in [0.717, 1.165) is 12.1 Å². The van der Waals surface area contributed by atoms with Crippen molar-refractivity contribution in [1.29, 1.82) is 0 Å². The molecule has 0 atom stereocenters. The molecule has 2 rings (SSSR count). The summed E-state index contributed by atoms with van der Waals surface area (Å²) in [4.78, 5) is 11.8. The average molecular weight is 266 g/mol. The zero-order valence-corrected chi connectivity index (χ0v) is 9.58. The van der Waals surface area contributed by atoms with Crippen molar-refractivity contribution < 1.29 is 18.0 Å². The SMILES string of the molecule is Nc1cccc(C(=O)Nc2ccc(F)c(F)c2)c1F. The molecule has 98 valence electrons. The van der Waals surface area contributed by atoms with E-state index in [9.17, 15) is 18.0 Å².